The van der Waals surface area contributed by atoms with Gasteiger partial charge in [0.2, 0.25) is 0 Å². The van der Waals surface area contributed by atoms with Gasteiger partial charge in [-0.1, -0.05) is 19.9 Å². The molecule has 0 saturated carbocycles. The first-order chi connectivity index (χ1) is 10.6. The Bertz CT molecular complexity index is 606. The fraction of sp³-hybridized carbons (Fsp3) is 0.471. The minimum Gasteiger partial charge on any atom is -0.398 e. The van der Waals surface area contributed by atoms with E-state index in [9.17, 15) is 0 Å². The van der Waals surface area contributed by atoms with E-state index < -0.39 is 0 Å². The second-order valence-corrected chi connectivity index (χ2v) is 6.49. The Balaban J connectivity index is 1.76. The average molecular weight is 299 g/mol. The van der Waals surface area contributed by atoms with Gasteiger partial charge in [0.05, 0.1) is 6.20 Å². The van der Waals surface area contributed by atoms with E-state index in [0.717, 1.165) is 36.4 Å². The number of nitrogen functional groups attached to an aromatic ring is 1. The van der Waals surface area contributed by atoms with Crippen LogP contribution in [0.3, 0.4) is 0 Å². The highest BCUT2D eigenvalue weighted by atomic mass is 15.2. The van der Waals surface area contributed by atoms with Gasteiger partial charge in [-0.15, -0.1) is 0 Å². The van der Waals surface area contributed by atoms with Crippen LogP contribution in [0.15, 0.2) is 30.6 Å². The van der Waals surface area contributed by atoms with Crippen LogP contribution >= 0.6 is 0 Å². The quantitative estimate of drug-likeness (QED) is 0.759. The van der Waals surface area contributed by atoms with Crippen LogP contribution in [0.1, 0.15) is 20.3 Å². The molecule has 1 aliphatic rings. The Morgan fingerprint density at radius 2 is 2.27 bits per heavy atom. The summed E-state index contributed by atoms with van der Waals surface area (Å²) in [5.41, 5.74) is 10.3. The van der Waals surface area contributed by atoms with Gasteiger partial charge in [0.15, 0.2) is 0 Å². The molecule has 3 rings (SSSR count). The van der Waals surface area contributed by atoms with E-state index in [1.165, 1.54) is 12.1 Å². The number of nitrogens with zero attached hydrogens (tertiary/aromatic N) is 2. The molecule has 4 N–H and O–H groups in total. The SMILES string of the molecule is CC(C)CC1CN(c2ccc(-c3cn[nH]c3)c(N)c2)CCN1. The Hall–Kier alpha value is -2.01. The van der Waals surface area contributed by atoms with E-state index in [4.69, 9.17) is 5.73 Å². The van der Waals surface area contributed by atoms with E-state index >= 15 is 0 Å². The number of hydrogen-bond acceptors (Lipinski definition) is 4. The molecule has 0 bridgehead atoms. The smallest absolute Gasteiger partial charge is 0.0566 e. The van der Waals surface area contributed by atoms with Gasteiger partial charge in [0.25, 0.3) is 0 Å². The van der Waals surface area contributed by atoms with Crippen molar-refractivity contribution < 1.29 is 0 Å². The normalized spacial score (nSPS) is 18.9. The molecule has 1 aromatic heterocycles. The van der Waals surface area contributed by atoms with E-state index in [-0.39, 0.29) is 0 Å². The number of benzene rings is 1. The Labute approximate surface area is 131 Å². The van der Waals surface area contributed by atoms with Crippen molar-refractivity contribution in [2.45, 2.75) is 26.3 Å². The van der Waals surface area contributed by atoms with Gasteiger partial charge < -0.3 is 16.0 Å². The Morgan fingerprint density at radius 1 is 1.41 bits per heavy atom. The lowest BCUT2D eigenvalue weighted by atomic mass is 10.0. The third-order valence-corrected chi connectivity index (χ3v) is 4.22. The molecule has 0 amide bonds. The molecule has 1 unspecified atom stereocenters. The first kappa shape index (κ1) is 14.9. The number of H-pyrrole nitrogens is 1. The molecule has 0 aliphatic carbocycles. The molecule has 5 nitrogen and oxygen atoms in total. The number of aromatic nitrogens is 2. The number of nitrogens with one attached hydrogen (secondary N) is 2. The van der Waals surface area contributed by atoms with Crippen molar-refractivity contribution in [2.24, 2.45) is 5.92 Å². The van der Waals surface area contributed by atoms with Crippen LogP contribution in [0.4, 0.5) is 11.4 Å². The van der Waals surface area contributed by atoms with Crippen LogP contribution in [-0.4, -0.2) is 35.9 Å². The minimum atomic E-state index is 0.559. The van der Waals surface area contributed by atoms with Crippen molar-refractivity contribution in [2.75, 3.05) is 30.3 Å². The van der Waals surface area contributed by atoms with Crippen LogP contribution in [0.25, 0.3) is 11.1 Å². The average Bonchev–Trinajstić information content (AvgIpc) is 3.00. The van der Waals surface area contributed by atoms with Crippen molar-refractivity contribution in [3.05, 3.63) is 30.6 Å². The van der Waals surface area contributed by atoms with Gasteiger partial charge in [-0.25, -0.2) is 0 Å². The van der Waals surface area contributed by atoms with E-state index in [1.54, 1.807) is 6.20 Å². The first-order valence-corrected chi connectivity index (χ1v) is 8.00. The molecule has 1 fully saturated rings. The number of piperazine rings is 1. The molecule has 1 atom stereocenters. The zero-order valence-electron chi connectivity index (χ0n) is 13.3. The van der Waals surface area contributed by atoms with Gasteiger partial charge in [0.1, 0.15) is 0 Å². The number of hydrogen-bond donors (Lipinski definition) is 3. The summed E-state index contributed by atoms with van der Waals surface area (Å²) >= 11 is 0. The van der Waals surface area contributed by atoms with Crippen molar-refractivity contribution >= 4 is 11.4 Å². The summed E-state index contributed by atoms with van der Waals surface area (Å²) in [5.74, 6) is 0.714. The molecule has 118 valence electrons. The maximum Gasteiger partial charge on any atom is 0.0566 e. The molecule has 22 heavy (non-hydrogen) atoms. The third-order valence-electron chi connectivity index (χ3n) is 4.22. The molecule has 0 spiro atoms. The zero-order valence-corrected chi connectivity index (χ0v) is 13.3. The van der Waals surface area contributed by atoms with Crippen molar-refractivity contribution in [3.8, 4) is 11.1 Å². The summed E-state index contributed by atoms with van der Waals surface area (Å²) in [6, 6.07) is 6.90. The summed E-state index contributed by atoms with van der Waals surface area (Å²) in [7, 11) is 0. The Morgan fingerprint density at radius 3 is 2.95 bits per heavy atom. The van der Waals surface area contributed by atoms with E-state index in [0.29, 0.717) is 12.0 Å². The largest absolute Gasteiger partial charge is 0.398 e. The highest BCUT2D eigenvalue weighted by Gasteiger charge is 2.20. The molecule has 0 radical (unpaired) electrons. The lowest BCUT2D eigenvalue weighted by Gasteiger charge is -2.36. The Kier molecular flexibility index (Phi) is 4.34. The van der Waals surface area contributed by atoms with Crippen LogP contribution in [0, 0.1) is 5.92 Å². The number of rotatable bonds is 4. The predicted octanol–water partition coefficient (Wildman–Crippen LogP) is 2.48. The van der Waals surface area contributed by atoms with Crippen LogP contribution in [0.5, 0.6) is 0 Å². The highest BCUT2D eigenvalue weighted by Crippen LogP contribution is 2.29. The topological polar surface area (TPSA) is 70.0 Å². The number of nitrogens with two attached hydrogens (primary N) is 1. The highest BCUT2D eigenvalue weighted by molar-refractivity contribution is 5.78. The lowest BCUT2D eigenvalue weighted by Crippen LogP contribution is -2.51. The number of anilines is 2. The summed E-state index contributed by atoms with van der Waals surface area (Å²) in [5, 5.41) is 10.4. The fourth-order valence-corrected chi connectivity index (χ4v) is 3.19. The third kappa shape index (κ3) is 3.25. The zero-order chi connectivity index (χ0) is 15.5. The molecule has 1 saturated heterocycles. The van der Waals surface area contributed by atoms with Gasteiger partial charge in [-0.3, -0.25) is 5.10 Å². The summed E-state index contributed by atoms with van der Waals surface area (Å²) in [6.07, 6.45) is 4.88. The van der Waals surface area contributed by atoms with Crippen LogP contribution in [-0.2, 0) is 0 Å². The van der Waals surface area contributed by atoms with Crippen molar-refractivity contribution in [1.29, 1.82) is 0 Å². The second kappa shape index (κ2) is 6.40. The molecule has 5 heteroatoms. The lowest BCUT2D eigenvalue weighted by molar-refractivity contribution is 0.388. The monoisotopic (exact) mass is 299 g/mol. The van der Waals surface area contributed by atoms with Gasteiger partial charge in [-0.2, -0.15) is 5.10 Å². The fourth-order valence-electron chi connectivity index (χ4n) is 3.19. The maximum absolute atomic E-state index is 6.25. The van der Waals surface area contributed by atoms with Gasteiger partial charge in [0, 0.05) is 54.4 Å². The summed E-state index contributed by atoms with van der Waals surface area (Å²) in [4.78, 5) is 2.43. The molecular formula is C17H25N5. The summed E-state index contributed by atoms with van der Waals surface area (Å²) < 4.78 is 0. The molecule has 2 heterocycles. The molecule has 2 aromatic rings. The number of aromatic amines is 1. The van der Waals surface area contributed by atoms with Gasteiger partial charge >= 0.3 is 0 Å². The molecular weight excluding hydrogens is 274 g/mol. The molecule has 1 aromatic carbocycles. The second-order valence-electron chi connectivity index (χ2n) is 6.49. The predicted molar refractivity (Wildman–Crippen MR) is 91.9 cm³/mol. The van der Waals surface area contributed by atoms with Crippen molar-refractivity contribution in [1.82, 2.24) is 15.5 Å². The minimum absolute atomic E-state index is 0.559. The van der Waals surface area contributed by atoms with E-state index in [2.05, 4.69) is 52.5 Å². The standard InChI is InChI=1S/C17H25N5/c1-12(2)7-14-11-22(6-5-19-14)15-3-4-16(17(18)8-15)13-9-20-21-10-13/h3-4,8-10,12,14,19H,5-7,11,18H2,1-2H3,(H,20,21). The summed E-state index contributed by atoms with van der Waals surface area (Å²) in [6.45, 7) is 7.65. The van der Waals surface area contributed by atoms with Gasteiger partial charge in [-0.05, 0) is 24.5 Å². The first-order valence-electron chi connectivity index (χ1n) is 8.00. The van der Waals surface area contributed by atoms with Crippen LogP contribution < -0.4 is 16.0 Å². The molecule has 1 aliphatic heterocycles. The maximum atomic E-state index is 6.25. The van der Waals surface area contributed by atoms with E-state index in [1.807, 2.05) is 6.20 Å². The van der Waals surface area contributed by atoms with Crippen molar-refractivity contribution in [3.63, 3.8) is 0 Å². The van der Waals surface area contributed by atoms with Crippen LogP contribution in [0.2, 0.25) is 0 Å².